The van der Waals surface area contributed by atoms with E-state index < -0.39 is 8.07 Å². The molecule has 0 bridgehead atoms. The molecule has 0 unspecified atom stereocenters. The summed E-state index contributed by atoms with van der Waals surface area (Å²) in [6.07, 6.45) is 0. The standard InChI is InChI=1S/C42H29N3SSi/c1-47(2)36-23-13-9-19-31(36)39-41(47)38(26-14-4-3-5-15-26)43-42(44-39)29-17-7-11-21-33(29)45-32-20-10-6-16-27(32)28-24-25-35-37(40(28)45)30-18-8-12-22-34(30)46-35/h3-25H,1-2H3. The largest absolute Gasteiger partial charge is 0.308 e. The highest BCUT2D eigenvalue weighted by Crippen LogP contribution is 2.44. The Labute approximate surface area is 277 Å². The monoisotopic (exact) mass is 635 g/mol. The quantitative estimate of drug-likeness (QED) is 0.181. The third-order valence-corrected chi connectivity index (χ3v) is 14.6. The number of nitrogens with zero attached hydrogens (tertiary/aromatic N) is 3. The topological polar surface area (TPSA) is 30.7 Å². The number of thiophene rings is 1. The van der Waals surface area contributed by atoms with Crippen LogP contribution < -0.4 is 10.4 Å². The summed E-state index contributed by atoms with van der Waals surface area (Å²) in [5.74, 6) is 0.757. The summed E-state index contributed by atoms with van der Waals surface area (Å²) < 4.78 is 5.07. The molecule has 9 aromatic rings. The molecule has 0 N–H and O–H groups in total. The summed E-state index contributed by atoms with van der Waals surface area (Å²) in [5.41, 5.74) is 9.06. The van der Waals surface area contributed by atoms with Crippen LogP contribution in [0.4, 0.5) is 0 Å². The Kier molecular flexibility index (Phi) is 5.60. The molecule has 6 aromatic carbocycles. The van der Waals surface area contributed by atoms with E-state index >= 15 is 0 Å². The fourth-order valence-corrected chi connectivity index (χ4v) is 12.3. The molecule has 4 heterocycles. The first kappa shape index (κ1) is 26.8. The molecule has 1 aliphatic heterocycles. The third kappa shape index (κ3) is 3.72. The van der Waals surface area contributed by atoms with Crippen molar-refractivity contribution < 1.29 is 0 Å². The fraction of sp³-hybridized carbons (Fsp3) is 0.0476. The van der Waals surface area contributed by atoms with Crippen LogP contribution in [0.3, 0.4) is 0 Å². The van der Waals surface area contributed by atoms with Gasteiger partial charge in [0, 0.05) is 42.1 Å². The lowest BCUT2D eigenvalue weighted by Gasteiger charge is -2.22. The molecule has 222 valence electrons. The first-order valence-electron chi connectivity index (χ1n) is 16.1. The first-order valence-corrected chi connectivity index (χ1v) is 19.9. The van der Waals surface area contributed by atoms with Gasteiger partial charge in [-0.25, -0.2) is 9.97 Å². The van der Waals surface area contributed by atoms with E-state index in [1.54, 1.807) is 0 Å². The Hall–Kier alpha value is -5.36. The normalized spacial score (nSPS) is 13.5. The van der Waals surface area contributed by atoms with E-state index in [4.69, 9.17) is 9.97 Å². The van der Waals surface area contributed by atoms with E-state index in [0.29, 0.717) is 0 Å². The van der Waals surface area contributed by atoms with Gasteiger partial charge in [0.1, 0.15) is 8.07 Å². The molecule has 0 saturated heterocycles. The number of hydrogen-bond acceptors (Lipinski definition) is 3. The van der Waals surface area contributed by atoms with Crippen LogP contribution in [-0.4, -0.2) is 22.6 Å². The molecule has 3 aromatic heterocycles. The first-order chi connectivity index (χ1) is 23.1. The second-order valence-electron chi connectivity index (χ2n) is 13.0. The van der Waals surface area contributed by atoms with Gasteiger partial charge in [-0.05, 0) is 46.3 Å². The lowest BCUT2D eigenvalue weighted by Crippen LogP contribution is -2.50. The predicted molar refractivity (Wildman–Crippen MR) is 202 cm³/mol. The van der Waals surface area contributed by atoms with Gasteiger partial charge in [-0.1, -0.05) is 122 Å². The minimum absolute atomic E-state index is 0.757. The minimum Gasteiger partial charge on any atom is -0.308 e. The molecule has 0 fully saturated rings. The maximum absolute atomic E-state index is 5.51. The van der Waals surface area contributed by atoms with Gasteiger partial charge in [-0.15, -0.1) is 11.3 Å². The van der Waals surface area contributed by atoms with Crippen molar-refractivity contribution in [2.45, 2.75) is 13.1 Å². The molecule has 0 spiro atoms. The minimum atomic E-state index is -2.05. The Morgan fingerprint density at radius 3 is 2.11 bits per heavy atom. The van der Waals surface area contributed by atoms with E-state index in [-0.39, 0.29) is 0 Å². The van der Waals surface area contributed by atoms with Crippen LogP contribution in [-0.2, 0) is 0 Å². The number of hydrogen-bond donors (Lipinski definition) is 0. The maximum atomic E-state index is 5.51. The zero-order valence-corrected chi connectivity index (χ0v) is 27.8. The lowest BCUT2D eigenvalue weighted by atomic mass is 10.1. The summed E-state index contributed by atoms with van der Waals surface area (Å²) in [4.78, 5) is 11.0. The molecule has 5 heteroatoms. The van der Waals surface area contributed by atoms with Crippen molar-refractivity contribution in [2.24, 2.45) is 0 Å². The van der Waals surface area contributed by atoms with Crippen molar-refractivity contribution in [3.63, 3.8) is 0 Å². The molecule has 3 nitrogen and oxygen atoms in total. The molecule has 0 radical (unpaired) electrons. The predicted octanol–water partition coefficient (Wildman–Crippen LogP) is 10.1. The van der Waals surface area contributed by atoms with Gasteiger partial charge >= 0.3 is 0 Å². The highest BCUT2D eigenvalue weighted by molar-refractivity contribution is 7.26. The van der Waals surface area contributed by atoms with Crippen molar-refractivity contribution in [3.05, 3.63) is 140 Å². The molecule has 0 saturated carbocycles. The smallest absolute Gasteiger partial charge is 0.162 e. The van der Waals surface area contributed by atoms with Crippen molar-refractivity contribution in [1.82, 2.24) is 14.5 Å². The van der Waals surface area contributed by atoms with Crippen molar-refractivity contribution in [3.8, 4) is 39.6 Å². The molecule has 0 amide bonds. The molecule has 1 aliphatic rings. The Balaban J connectivity index is 1.33. The second kappa shape index (κ2) is 9.82. The van der Waals surface area contributed by atoms with Crippen LogP contribution >= 0.6 is 11.3 Å². The van der Waals surface area contributed by atoms with Crippen LogP contribution in [0.1, 0.15) is 0 Å². The number of benzene rings is 6. The van der Waals surface area contributed by atoms with Crippen LogP contribution in [0.15, 0.2) is 140 Å². The molecule has 0 atom stereocenters. The summed E-state index contributed by atoms with van der Waals surface area (Å²) in [6, 6.07) is 50.4. The van der Waals surface area contributed by atoms with Gasteiger partial charge in [0.25, 0.3) is 0 Å². The van der Waals surface area contributed by atoms with Crippen LogP contribution in [0.2, 0.25) is 13.1 Å². The number of rotatable bonds is 3. The third-order valence-electron chi connectivity index (χ3n) is 10.00. The van der Waals surface area contributed by atoms with Crippen molar-refractivity contribution in [2.75, 3.05) is 0 Å². The molecule has 47 heavy (non-hydrogen) atoms. The van der Waals surface area contributed by atoms with Crippen LogP contribution in [0.25, 0.3) is 81.6 Å². The Morgan fingerprint density at radius 2 is 1.23 bits per heavy atom. The van der Waals surface area contributed by atoms with Crippen LogP contribution in [0, 0.1) is 0 Å². The number of aromatic nitrogens is 3. The van der Waals surface area contributed by atoms with Gasteiger partial charge < -0.3 is 4.57 Å². The summed E-state index contributed by atoms with van der Waals surface area (Å²) in [7, 11) is -2.05. The second-order valence-corrected chi connectivity index (χ2v) is 18.3. The zero-order valence-electron chi connectivity index (χ0n) is 26.0. The molecular weight excluding hydrogens is 607 g/mol. The molecule has 10 rings (SSSR count). The van der Waals surface area contributed by atoms with Gasteiger partial charge in [0.15, 0.2) is 5.82 Å². The van der Waals surface area contributed by atoms with E-state index in [2.05, 4.69) is 157 Å². The Bertz CT molecular complexity index is 2720. The van der Waals surface area contributed by atoms with Crippen molar-refractivity contribution >= 4 is 71.8 Å². The zero-order chi connectivity index (χ0) is 31.3. The fourth-order valence-electron chi connectivity index (χ4n) is 7.92. The maximum Gasteiger partial charge on any atom is 0.162 e. The summed E-state index contributed by atoms with van der Waals surface area (Å²) in [5, 5.41) is 7.86. The number of fused-ring (bicyclic) bond motifs is 10. The van der Waals surface area contributed by atoms with E-state index in [1.807, 2.05) is 11.3 Å². The summed E-state index contributed by atoms with van der Waals surface area (Å²) in [6.45, 7) is 4.88. The SMILES string of the molecule is C[Si]1(C)c2ccccc2-c2nc(-c3ccccc3-n3c4ccccc4c4ccc5sc6ccccc6c5c43)nc(-c3ccccc3)c21. The van der Waals surface area contributed by atoms with Gasteiger partial charge in [-0.3, -0.25) is 0 Å². The van der Waals surface area contributed by atoms with Crippen LogP contribution in [0.5, 0.6) is 0 Å². The molecule has 0 aliphatic carbocycles. The molecular formula is C42H29N3SSi. The summed E-state index contributed by atoms with van der Waals surface area (Å²) >= 11 is 1.86. The van der Waals surface area contributed by atoms with Crippen molar-refractivity contribution in [1.29, 1.82) is 0 Å². The average Bonchev–Trinajstić information content (AvgIpc) is 3.74. The Morgan fingerprint density at radius 1 is 0.553 bits per heavy atom. The van der Waals surface area contributed by atoms with E-state index in [0.717, 1.165) is 34.0 Å². The number of para-hydroxylation sites is 2. The highest BCUT2D eigenvalue weighted by Gasteiger charge is 2.41. The van der Waals surface area contributed by atoms with Gasteiger partial charge in [0.05, 0.1) is 28.1 Å². The average molecular weight is 636 g/mol. The highest BCUT2D eigenvalue weighted by atomic mass is 32.1. The van der Waals surface area contributed by atoms with Gasteiger partial charge in [-0.2, -0.15) is 0 Å². The van der Waals surface area contributed by atoms with E-state index in [1.165, 1.54) is 57.9 Å². The lowest BCUT2D eigenvalue weighted by molar-refractivity contribution is 1.15. The van der Waals surface area contributed by atoms with Gasteiger partial charge in [0.2, 0.25) is 0 Å². The van der Waals surface area contributed by atoms with E-state index in [9.17, 15) is 0 Å².